The van der Waals surface area contributed by atoms with Gasteiger partial charge in [0, 0.05) is 11.4 Å². The summed E-state index contributed by atoms with van der Waals surface area (Å²) in [5.74, 6) is 0.00267. The zero-order valence-electron chi connectivity index (χ0n) is 12.2. The maximum absolute atomic E-state index is 12.6. The van der Waals surface area contributed by atoms with Crippen molar-refractivity contribution >= 4 is 17.3 Å². The average Bonchev–Trinajstić information content (AvgIpc) is 2.50. The van der Waals surface area contributed by atoms with E-state index in [1.807, 2.05) is 37.3 Å². The van der Waals surface area contributed by atoms with E-state index < -0.39 is 0 Å². The number of hydrogen-bond donors (Lipinski definition) is 2. The lowest BCUT2D eigenvalue weighted by atomic mass is 9.82. The van der Waals surface area contributed by atoms with Gasteiger partial charge in [-0.3, -0.25) is 4.79 Å². The molecule has 21 heavy (non-hydrogen) atoms. The number of nitrogen functional groups attached to an aromatic ring is 1. The van der Waals surface area contributed by atoms with Gasteiger partial charge in [0.2, 0.25) is 5.91 Å². The summed E-state index contributed by atoms with van der Waals surface area (Å²) in [5, 5.41) is 3.00. The molecule has 1 amide bonds. The minimum absolute atomic E-state index is 0.0579. The molecule has 0 radical (unpaired) electrons. The van der Waals surface area contributed by atoms with Crippen molar-refractivity contribution in [2.24, 2.45) is 0 Å². The number of carbonyl (C=O) groups is 1. The number of nitrogens with two attached hydrogens (primary N) is 1. The van der Waals surface area contributed by atoms with Crippen molar-refractivity contribution in [3.8, 4) is 0 Å². The fraction of sp³-hybridized carbons (Fsp3) is 0.278. The van der Waals surface area contributed by atoms with Crippen LogP contribution in [0.1, 0.15) is 35.4 Å². The maximum atomic E-state index is 12.6. The Morgan fingerprint density at radius 1 is 1.24 bits per heavy atom. The van der Waals surface area contributed by atoms with Crippen LogP contribution in [0.5, 0.6) is 0 Å². The molecule has 108 valence electrons. The highest BCUT2D eigenvalue weighted by Gasteiger charge is 2.26. The molecule has 1 aliphatic rings. The van der Waals surface area contributed by atoms with E-state index in [-0.39, 0.29) is 11.8 Å². The van der Waals surface area contributed by atoms with Crippen molar-refractivity contribution in [3.63, 3.8) is 0 Å². The summed E-state index contributed by atoms with van der Waals surface area (Å²) in [6.45, 7) is 1.96. The van der Waals surface area contributed by atoms with Crippen LogP contribution in [-0.2, 0) is 11.2 Å². The lowest BCUT2D eigenvalue weighted by Gasteiger charge is -2.24. The molecule has 1 aliphatic carbocycles. The van der Waals surface area contributed by atoms with Crippen LogP contribution in [0.3, 0.4) is 0 Å². The van der Waals surface area contributed by atoms with Crippen molar-refractivity contribution in [1.82, 2.24) is 0 Å². The second kappa shape index (κ2) is 5.60. The number of benzene rings is 2. The van der Waals surface area contributed by atoms with Crippen molar-refractivity contribution in [3.05, 3.63) is 59.2 Å². The van der Waals surface area contributed by atoms with Gasteiger partial charge in [0.15, 0.2) is 0 Å². The van der Waals surface area contributed by atoms with Gasteiger partial charge in [-0.15, -0.1) is 0 Å². The Hall–Kier alpha value is -2.29. The molecule has 0 aliphatic heterocycles. The Morgan fingerprint density at radius 3 is 2.86 bits per heavy atom. The first kappa shape index (κ1) is 13.7. The van der Waals surface area contributed by atoms with Gasteiger partial charge in [-0.05, 0) is 55.0 Å². The summed E-state index contributed by atoms with van der Waals surface area (Å²) in [6, 6.07) is 13.9. The highest BCUT2D eigenvalue weighted by atomic mass is 16.1. The maximum Gasteiger partial charge on any atom is 0.231 e. The van der Waals surface area contributed by atoms with Crippen molar-refractivity contribution < 1.29 is 4.79 Å². The number of aryl methyl sites for hydroxylation is 2. The SMILES string of the molecule is Cc1ccc(NC(=O)C2CCCc3ccccc32)cc1N. The minimum atomic E-state index is -0.0579. The van der Waals surface area contributed by atoms with Crippen LogP contribution in [-0.4, -0.2) is 5.91 Å². The summed E-state index contributed by atoms with van der Waals surface area (Å²) in [5.41, 5.74) is 10.9. The number of anilines is 2. The van der Waals surface area contributed by atoms with Crippen molar-refractivity contribution in [1.29, 1.82) is 0 Å². The first-order chi connectivity index (χ1) is 10.1. The Kier molecular flexibility index (Phi) is 3.65. The van der Waals surface area contributed by atoms with Crippen LogP contribution in [0.25, 0.3) is 0 Å². The second-order valence-corrected chi connectivity index (χ2v) is 5.70. The van der Waals surface area contributed by atoms with E-state index in [0.29, 0.717) is 5.69 Å². The number of hydrogen-bond acceptors (Lipinski definition) is 2. The highest BCUT2D eigenvalue weighted by Crippen LogP contribution is 2.32. The molecule has 0 aromatic heterocycles. The molecule has 0 fully saturated rings. The topological polar surface area (TPSA) is 55.1 Å². The number of fused-ring (bicyclic) bond motifs is 1. The quantitative estimate of drug-likeness (QED) is 0.825. The van der Waals surface area contributed by atoms with Gasteiger partial charge >= 0.3 is 0 Å². The fourth-order valence-electron chi connectivity index (χ4n) is 2.97. The number of amides is 1. The lowest BCUT2D eigenvalue weighted by Crippen LogP contribution is -2.24. The standard InChI is InChI=1S/C18H20N2O/c1-12-9-10-14(11-17(12)19)20-18(21)16-8-4-6-13-5-2-3-7-15(13)16/h2-3,5,7,9-11,16H,4,6,8,19H2,1H3,(H,20,21). The fourth-order valence-corrected chi connectivity index (χ4v) is 2.97. The third kappa shape index (κ3) is 2.77. The Bertz CT molecular complexity index is 679. The van der Waals surface area contributed by atoms with Gasteiger partial charge in [-0.2, -0.15) is 0 Å². The molecule has 1 unspecified atom stereocenters. The van der Waals surface area contributed by atoms with Crippen molar-refractivity contribution in [2.45, 2.75) is 32.1 Å². The zero-order chi connectivity index (χ0) is 14.8. The van der Waals surface area contributed by atoms with Crippen LogP contribution in [0, 0.1) is 6.92 Å². The van der Waals surface area contributed by atoms with Crippen LogP contribution < -0.4 is 11.1 Å². The lowest BCUT2D eigenvalue weighted by molar-refractivity contribution is -0.117. The summed E-state index contributed by atoms with van der Waals surface area (Å²) in [4.78, 5) is 12.6. The minimum Gasteiger partial charge on any atom is -0.398 e. The first-order valence-corrected chi connectivity index (χ1v) is 7.40. The van der Waals surface area contributed by atoms with E-state index in [9.17, 15) is 4.79 Å². The summed E-state index contributed by atoms with van der Waals surface area (Å²) < 4.78 is 0. The molecule has 0 bridgehead atoms. The first-order valence-electron chi connectivity index (χ1n) is 7.40. The Labute approximate surface area is 125 Å². The van der Waals surface area contributed by atoms with Crippen molar-refractivity contribution in [2.75, 3.05) is 11.1 Å². The molecule has 1 atom stereocenters. The molecule has 3 rings (SSSR count). The van der Waals surface area contributed by atoms with E-state index >= 15 is 0 Å². The molecule has 3 nitrogen and oxygen atoms in total. The summed E-state index contributed by atoms with van der Waals surface area (Å²) >= 11 is 0. The molecular weight excluding hydrogens is 260 g/mol. The van der Waals surface area contributed by atoms with E-state index in [2.05, 4.69) is 17.4 Å². The van der Waals surface area contributed by atoms with E-state index in [4.69, 9.17) is 5.73 Å². The molecule has 0 saturated heterocycles. The third-order valence-corrected chi connectivity index (χ3v) is 4.23. The van der Waals surface area contributed by atoms with Crippen LogP contribution in [0.2, 0.25) is 0 Å². The Balaban J connectivity index is 1.81. The highest BCUT2D eigenvalue weighted by molar-refractivity contribution is 5.96. The molecule has 0 heterocycles. The van der Waals surface area contributed by atoms with Crippen LogP contribution >= 0.6 is 0 Å². The molecular formula is C18H20N2O. The summed E-state index contributed by atoms with van der Waals surface area (Å²) in [7, 11) is 0. The van der Waals surface area contributed by atoms with Gasteiger partial charge in [0.1, 0.15) is 0 Å². The molecule has 2 aromatic carbocycles. The zero-order valence-corrected chi connectivity index (χ0v) is 12.2. The Morgan fingerprint density at radius 2 is 2.05 bits per heavy atom. The third-order valence-electron chi connectivity index (χ3n) is 4.23. The molecule has 0 spiro atoms. The van der Waals surface area contributed by atoms with Gasteiger partial charge in [0.05, 0.1) is 5.92 Å². The van der Waals surface area contributed by atoms with Crippen LogP contribution in [0.15, 0.2) is 42.5 Å². The molecule has 3 N–H and O–H groups in total. The van der Waals surface area contributed by atoms with Gasteiger partial charge in [0.25, 0.3) is 0 Å². The normalized spacial score (nSPS) is 17.1. The molecule has 2 aromatic rings. The van der Waals surface area contributed by atoms with Gasteiger partial charge in [-0.25, -0.2) is 0 Å². The van der Waals surface area contributed by atoms with E-state index in [1.54, 1.807) is 0 Å². The average molecular weight is 280 g/mol. The van der Waals surface area contributed by atoms with Crippen LogP contribution in [0.4, 0.5) is 11.4 Å². The largest absolute Gasteiger partial charge is 0.398 e. The molecule has 0 saturated carbocycles. The predicted molar refractivity (Wildman–Crippen MR) is 86.3 cm³/mol. The smallest absolute Gasteiger partial charge is 0.231 e. The summed E-state index contributed by atoms with van der Waals surface area (Å²) in [6.07, 6.45) is 3.03. The number of carbonyl (C=O) groups excluding carboxylic acids is 1. The number of nitrogens with one attached hydrogen (secondary N) is 1. The predicted octanol–water partition coefficient (Wildman–Crippen LogP) is 3.64. The van der Waals surface area contributed by atoms with E-state index in [0.717, 1.165) is 30.5 Å². The second-order valence-electron chi connectivity index (χ2n) is 5.70. The van der Waals surface area contributed by atoms with Gasteiger partial charge < -0.3 is 11.1 Å². The number of rotatable bonds is 2. The monoisotopic (exact) mass is 280 g/mol. The van der Waals surface area contributed by atoms with E-state index in [1.165, 1.54) is 11.1 Å². The van der Waals surface area contributed by atoms with Gasteiger partial charge in [-0.1, -0.05) is 30.3 Å². The molecule has 3 heteroatoms.